The number of nitrogens with one attached hydrogen (secondary N) is 3. The van der Waals surface area contributed by atoms with Gasteiger partial charge in [0.25, 0.3) is 17.7 Å². The second-order valence-electron chi connectivity index (χ2n) is 6.16. The van der Waals surface area contributed by atoms with Crippen LogP contribution in [0, 0.1) is 0 Å². The molecule has 0 aromatic carbocycles. The second kappa shape index (κ2) is 9.71. The molecule has 142 valence electrons. The normalized spacial score (nSPS) is 13.2. The van der Waals surface area contributed by atoms with Crippen molar-refractivity contribution in [2.45, 2.75) is 46.2 Å². The van der Waals surface area contributed by atoms with E-state index < -0.39 is 6.03 Å². The fourth-order valence-electron chi connectivity index (χ4n) is 2.39. The molecular formula is C17H26N5O4+. The number of urea groups is 1. The SMILES string of the molecule is CCC[NH+](CC(=O)NC(=O)N[C@H](C)CC)Cc1nnc(-c2ccco2)o1. The topological polar surface area (TPSA) is 115 Å². The van der Waals surface area contributed by atoms with Crippen LogP contribution >= 0.6 is 0 Å². The van der Waals surface area contributed by atoms with Crippen LogP contribution in [0.3, 0.4) is 0 Å². The molecule has 0 spiro atoms. The number of furan rings is 1. The molecule has 2 heterocycles. The number of quaternary nitrogens is 1. The van der Waals surface area contributed by atoms with E-state index in [1.807, 2.05) is 20.8 Å². The maximum atomic E-state index is 12.1. The molecule has 3 amide bonds. The van der Waals surface area contributed by atoms with Gasteiger partial charge >= 0.3 is 6.03 Å². The minimum atomic E-state index is -0.474. The first kappa shape index (κ1) is 19.6. The van der Waals surface area contributed by atoms with Crippen LogP contribution in [0.25, 0.3) is 11.7 Å². The first-order valence-corrected chi connectivity index (χ1v) is 8.82. The van der Waals surface area contributed by atoms with E-state index in [2.05, 4.69) is 20.8 Å². The summed E-state index contributed by atoms with van der Waals surface area (Å²) in [5.41, 5.74) is 0. The zero-order valence-electron chi connectivity index (χ0n) is 15.4. The van der Waals surface area contributed by atoms with Crippen molar-refractivity contribution in [3.05, 3.63) is 24.3 Å². The molecule has 2 rings (SSSR count). The third kappa shape index (κ3) is 5.99. The molecule has 2 aromatic heterocycles. The number of hydrogen-bond donors (Lipinski definition) is 3. The van der Waals surface area contributed by atoms with E-state index in [1.165, 1.54) is 6.26 Å². The van der Waals surface area contributed by atoms with Crippen molar-refractivity contribution in [3.63, 3.8) is 0 Å². The van der Waals surface area contributed by atoms with Crippen molar-refractivity contribution in [2.75, 3.05) is 13.1 Å². The summed E-state index contributed by atoms with van der Waals surface area (Å²) in [7, 11) is 0. The Morgan fingerprint density at radius 2 is 2.12 bits per heavy atom. The van der Waals surface area contributed by atoms with Crippen molar-refractivity contribution >= 4 is 11.9 Å². The predicted molar refractivity (Wildman–Crippen MR) is 93.1 cm³/mol. The summed E-state index contributed by atoms with van der Waals surface area (Å²) in [5, 5.41) is 13.0. The molecular weight excluding hydrogens is 338 g/mol. The summed E-state index contributed by atoms with van der Waals surface area (Å²) in [6, 6.07) is 3.01. The molecule has 0 saturated carbocycles. The molecule has 9 heteroatoms. The van der Waals surface area contributed by atoms with E-state index in [0.717, 1.165) is 24.3 Å². The van der Waals surface area contributed by atoms with Crippen molar-refractivity contribution < 1.29 is 23.3 Å². The molecule has 0 aliphatic heterocycles. The van der Waals surface area contributed by atoms with Gasteiger partial charge < -0.3 is 19.1 Å². The van der Waals surface area contributed by atoms with Crippen LogP contribution in [-0.2, 0) is 11.3 Å². The molecule has 3 N–H and O–H groups in total. The highest BCUT2D eigenvalue weighted by Crippen LogP contribution is 2.17. The van der Waals surface area contributed by atoms with Crippen LogP contribution in [0.15, 0.2) is 27.2 Å². The van der Waals surface area contributed by atoms with E-state index in [-0.39, 0.29) is 18.5 Å². The first-order valence-electron chi connectivity index (χ1n) is 8.82. The van der Waals surface area contributed by atoms with Gasteiger partial charge in [-0.1, -0.05) is 13.8 Å². The monoisotopic (exact) mass is 364 g/mol. The molecule has 2 aromatic rings. The van der Waals surface area contributed by atoms with Gasteiger partial charge in [0.05, 0.1) is 12.8 Å². The summed E-state index contributed by atoms with van der Waals surface area (Å²) in [6.45, 7) is 7.13. The highest BCUT2D eigenvalue weighted by molar-refractivity contribution is 5.94. The Labute approximate surface area is 152 Å². The summed E-state index contributed by atoms with van der Waals surface area (Å²) in [4.78, 5) is 24.8. The maximum absolute atomic E-state index is 12.1. The summed E-state index contributed by atoms with van der Waals surface area (Å²) in [5.74, 6) is 0.871. The summed E-state index contributed by atoms with van der Waals surface area (Å²) in [6.07, 6.45) is 3.20. The average Bonchev–Trinajstić information content (AvgIpc) is 3.25. The fraction of sp³-hybridized carbons (Fsp3) is 0.529. The minimum Gasteiger partial charge on any atom is -0.459 e. The summed E-state index contributed by atoms with van der Waals surface area (Å²) < 4.78 is 10.8. The molecule has 2 atom stereocenters. The number of nitrogens with zero attached hydrogens (tertiary/aromatic N) is 2. The van der Waals surface area contributed by atoms with Crippen LogP contribution in [0.1, 0.15) is 39.5 Å². The molecule has 0 bridgehead atoms. The number of amides is 3. The lowest BCUT2D eigenvalue weighted by atomic mass is 10.3. The zero-order chi connectivity index (χ0) is 18.9. The predicted octanol–water partition coefficient (Wildman–Crippen LogP) is 0.749. The number of aromatic nitrogens is 2. The molecule has 0 aliphatic carbocycles. The number of carbonyl (C=O) groups excluding carboxylic acids is 2. The van der Waals surface area contributed by atoms with Crippen molar-refractivity contribution in [1.82, 2.24) is 20.8 Å². The number of carbonyl (C=O) groups is 2. The highest BCUT2D eigenvalue weighted by Gasteiger charge is 2.20. The largest absolute Gasteiger partial charge is 0.459 e. The molecule has 1 unspecified atom stereocenters. The van der Waals surface area contributed by atoms with Gasteiger partial charge in [-0.15, -0.1) is 10.2 Å². The summed E-state index contributed by atoms with van der Waals surface area (Å²) >= 11 is 0. The van der Waals surface area contributed by atoms with Crippen molar-refractivity contribution in [1.29, 1.82) is 0 Å². The van der Waals surface area contributed by atoms with Gasteiger partial charge in [0.1, 0.15) is 0 Å². The second-order valence-corrected chi connectivity index (χ2v) is 6.16. The van der Waals surface area contributed by atoms with Crippen LogP contribution in [0.5, 0.6) is 0 Å². The van der Waals surface area contributed by atoms with Gasteiger partial charge in [0, 0.05) is 6.04 Å². The first-order chi connectivity index (χ1) is 12.5. The van der Waals surface area contributed by atoms with Crippen LogP contribution < -0.4 is 15.5 Å². The quantitative estimate of drug-likeness (QED) is 0.605. The Morgan fingerprint density at radius 3 is 2.77 bits per heavy atom. The van der Waals surface area contributed by atoms with Crippen LogP contribution in [-0.4, -0.2) is 41.3 Å². The lowest BCUT2D eigenvalue weighted by Gasteiger charge is -2.17. The lowest BCUT2D eigenvalue weighted by Crippen LogP contribution is -3.12. The van der Waals surface area contributed by atoms with Crippen molar-refractivity contribution in [2.24, 2.45) is 0 Å². The Bertz CT molecular complexity index is 698. The molecule has 0 saturated heterocycles. The Balaban J connectivity index is 1.90. The Kier molecular flexibility index (Phi) is 7.34. The highest BCUT2D eigenvalue weighted by atomic mass is 16.4. The number of imide groups is 1. The molecule has 0 aliphatic rings. The number of hydrogen-bond acceptors (Lipinski definition) is 6. The molecule has 0 fully saturated rings. The van der Waals surface area contributed by atoms with Gasteiger partial charge in [-0.2, -0.15) is 0 Å². The van der Waals surface area contributed by atoms with E-state index >= 15 is 0 Å². The zero-order valence-corrected chi connectivity index (χ0v) is 15.4. The lowest BCUT2D eigenvalue weighted by molar-refractivity contribution is -0.907. The average molecular weight is 364 g/mol. The van der Waals surface area contributed by atoms with Gasteiger partial charge in [-0.05, 0) is 31.9 Å². The van der Waals surface area contributed by atoms with Gasteiger partial charge in [-0.25, -0.2) is 4.79 Å². The molecule has 9 nitrogen and oxygen atoms in total. The molecule has 0 radical (unpaired) electrons. The van der Waals surface area contributed by atoms with Crippen LogP contribution in [0.4, 0.5) is 4.79 Å². The standard InChI is InChI=1S/C17H25N5O4/c1-4-8-22(10-14(23)19-17(24)18-12(3)5-2)11-15-20-21-16(26-15)13-7-6-9-25-13/h6-7,9,12H,4-5,8,10-11H2,1-3H3,(H2,18,19,23,24)/p+1/t12-/m1/s1. The van der Waals surface area contributed by atoms with Crippen LogP contribution in [0.2, 0.25) is 0 Å². The van der Waals surface area contributed by atoms with E-state index in [1.54, 1.807) is 12.1 Å². The third-order valence-corrected chi connectivity index (χ3v) is 3.86. The van der Waals surface area contributed by atoms with E-state index in [9.17, 15) is 9.59 Å². The number of rotatable bonds is 9. The minimum absolute atomic E-state index is 0.0142. The van der Waals surface area contributed by atoms with E-state index in [4.69, 9.17) is 8.83 Å². The van der Waals surface area contributed by atoms with Crippen molar-refractivity contribution in [3.8, 4) is 11.7 Å². The van der Waals surface area contributed by atoms with E-state index in [0.29, 0.717) is 24.1 Å². The maximum Gasteiger partial charge on any atom is 0.321 e. The Hall–Kier alpha value is -2.68. The third-order valence-electron chi connectivity index (χ3n) is 3.86. The van der Waals surface area contributed by atoms with Gasteiger partial charge in [0.2, 0.25) is 0 Å². The van der Waals surface area contributed by atoms with Gasteiger partial charge in [0.15, 0.2) is 18.8 Å². The van der Waals surface area contributed by atoms with Gasteiger partial charge in [-0.3, -0.25) is 10.1 Å². The molecule has 26 heavy (non-hydrogen) atoms. The Morgan fingerprint density at radius 1 is 1.31 bits per heavy atom. The smallest absolute Gasteiger partial charge is 0.321 e. The fourth-order valence-corrected chi connectivity index (χ4v) is 2.39.